The zero-order valence-electron chi connectivity index (χ0n) is 11.7. The molecule has 1 saturated heterocycles. The third-order valence-electron chi connectivity index (χ3n) is 3.34. The Labute approximate surface area is 131 Å². The van der Waals surface area contributed by atoms with Crippen LogP contribution in [0.25, 0.3) is 6.08 Å². The molecule has 0 saturated carbocycles. The molecular formula is C17H12FNO2S. The summed E-state index contributed by atoms with van der Waals surface area (Å²) in [6.07, 6.45) is 1.42. The van der Waals surface area contributed by atoms with Gasteiger partial charge in [-0.2, -0.15) is 0 Å². The minimum Gasteiger partial charge on any atom is -0.268 e. The highest BCUT2D eigenvalue weighted by atomic mass is 32.2. The fourth-order valence-corrected chi connectivity index (χ4v) is 3.05. The van der Waals surface area contributed by atoms with Crippen molar-refractivity contribution in [3.63, 3.8) is 0 Å². The monoisotopic (exact) mass is 313 g/mol. The van der Waals surface area contributed by atoms with Gasteiger partial charge in [-0.1, -0.05) is 36.4 Å². The summed E-state index contributed by atoms with van der Waals surface area (Å²) >= 11 is 0.821. The van der Waals surface area contributed by atoms with E-state index in [0.717, 1.165) is 22.2 Å². The molecule has 0 spiro atoms. The second-order valence-corrected chi connectivity index (χ2v) is 5.82. The number of carbonyl (C=O) groups excluding carboxylic acids is 2. The van der Waals surface area contributed by atoms with E-state index in [1.807, 2.05) is 19.1 Å². The Bertz CT molecular complexity index is 801. The average Bonchev–Trinajstić information content (AvgIpc) is 2.77. The number of hydrogen-bond donors (Lipinski definition) is 0. The van der Waals surface area contributed by atoms with Crippen molar-refractivity contribution in [2.45, 2.75) is 6.92 Å². The Kier molecular flexibility index (Phi) is 3.81. The van der Waals surface area contributed by atoms with Gasteiger partial charge < -0.3 is 0 Å². The summed E-state index contributed by atoms with van der Waals surface area (Å²) < 4.78 is 13.7. The van der Waals surface area contributed by atoms with Crippen molar-refractivity contribution >= 4 is 34.7 Å². The lowest BCUT2D eigenvalue weighted by molar-refractivity contribution is -0.113. The molecule has 22 heavy (non-hydrogen) atoms. The molecule has 0 aromatic heterocycles. The van der Waals surface area contributed by atoms with Crippen molar-refractivity contribution in [1.29, 1.82) is 0 Å². The van der Waals surface area contributed by atoms with Crippen LogP contribution in [0.5, 0.6) is 0 Å². The van der Waals surface area contributed by atoms with Gasteiger partial charge in [-0.25, -0.2) is 9.29 Å². The van der Waals surface area contributed by atoms with Crippen LogP contribution in [0.15, 0.2) is 53.4 Å². The molecule has 3 nitrogen and oxygen atoms in total. The number of rotatable bonds is 2. The molecule has 2 aromatic carbocycles. The molecule has 1 aliphatic heterocycles. The van der Waals surface area contributed by atoms with Crippen LogP contribution in [0.1, 0.15) is 11.1 Å². The molecule has 3 rings (SSSR count). The first kappa shape index (κ1) is 14.5. The molecule has 0 N–H and O–H groups in total. The van der Waals surface area contributed by atoms with E-state index in [1.54, 1.807) is 30.3 Å². The van der Waals surface area contributed by atoms with Crippen LogP contribution in [0.3, 0.4) is 0 Å². The number of benzene rings is 2. The molecule has 0 unspecified atom stereocenters. The van der Waals surface area contributed by atoms with Crippen molar-refractivity contribution < 1.29 is 14.0 Å². The van der Waals surface area contributed by atoms with E-state index in [-0.39, 0.29) is 15.7 Å². The maximum absolute atomic E-state index is 13.7. The van der Waals surface area contributed by atoms with Crippen LogP contribution in [0.4, 0.5) is 14.9 Å². The van der Waals surface area contributed by atoms with Crippen molar-refractivity contribution in [3.8, 4) is 0 Å². The fraction of sp³-hybridized carbons (Fsp3) is 0.0588. The van der Waals surface area contributed by atoms with Crippen molar-refractivity contribution in [3.05, 3.63) is 70.4 Å². The van der Waals surface area contributed by atoms with E-state index in [1.165, 1.54) is 12.1 Å². The summed E-state index contributed by atoms with van der Waals surface area (Å²) in [5.41, 5.74) is 1.68. The molecule has 0 bridgehead atoms. The van der Waals surface area contributed by atoms with Gasteiger partial charge in [0.25, 0.3) is 11.1 Å². The molecule has 1 fully saturated rings. The molecule has 1 heterocycles. The van der Waals surface area contributed by atoms with Gasteiger partial charge in [-0.3, -0.25) is 9.59 Å². The third kappa shape index (κ3) is 2.55. The second-order valence-electron chi connectivity index (χ2n) is 4.83. The summed E-state index contributed by atoms with van der Waals surface area (Å²) in [7, 11) is 0. The Morgan fingerprint density at radius 2 is 1.73 bits per heavy atom. The Morgan fingerprint density at radius 3 is 2.45 bits per heavy atom. The molecule has 2 amide bonds. The number of hydrogen-bond acceptors (Lipinski definition) is 3. The zero-order valence-corrected chi connectivity index (χ0v) is 12.6. The first-order chi connectivity index (χ1) is 10.6. The largest absolute Gasteiger partial charge is 0.298 e. The molecule has 110 valence electrons. The molecule has 0 aliphatic carbocycles. The van der Waals surface area contributed by atoms with Gasteiger partial charge in [0.05, 0.1) is 10.6 Å². The maximum atomic E-state index is 13.7. The molecule has 0 radical (unpaired) electrons. The highest BCUT2D eigenvalue weighted by Gasteiger charge is 2.36. The zero-order chi connectivity index (χ0) is 15.7. The summed E-state index contributed by atoms with van der Waals surface area (Å²) in [6, 6.07) is 13.3. The SMILES string of the molecule is Cc1ccccc1N1C(=O)S/C(=C\c2ccccc2F)C1=O. The number of carbonyl (C=O) groups is 2. The molecule has 0 atom stereocenters. The van der Waals surface area contributed by atoms with Crippen LogP contribution < -0.4 is 4.90 Å². The smallest absolute Gasteiger partial charge is 0.268 e. The number of halogens is 1. The lowest BCUT2D eigenvalue weighted by Gasteiger charge is -2.14. The normalized spacial score (nSPS) is 16.6. The van der Waals surface area contributed by atoms with E-state index >= 15 is 0 Å². The van der Waals surface area contributed by atoms with Gasteiger partial charge in [0, 0.05) is 5.56 Å². The van der Waals surface area contributed by atoms with Gasteiger partial charge >= 0.3 is 0 Å². The van der Waals surface area contributed by atoms with Crippen molar-refractivity contribution in [2.75, 3.05) is 4.90 Å². The summed E-state index contributed by atoms with van der Waals surface area (Å²) in [6.45, 7) is 1.83. The maximum Gasteiger partial charge on any atom is 0.298 e. The van der Waals surface area contributed by atoms with E-state index in [9.17, 15) is 14.0 Å². The standard InChI is InChI=1S/C17H12FNO2S/c1-11-6-2-5-9-14(11)19-16(20)15(22-17(19)21)10-12-7-3-4-8-13(12)18/h2-10H,1H3/b15-10-. The van der Waals surface area contributed by atoms with Crippen LogP contribution in [0, 0.1) is 12.7 Å². The van der Waals surface area contributed by atoms with E-state index < -0.39 is 11.7 Å². The fourth-order valence-electron chi connectivity index (χ4n) is 2.22. The first-order valence-electron chi connectivity index (χ1n) is 6.66. The third-order valence-corrected chi connectivity index (χ3v) is 4.21. The van der Waals surface area contributed by atoms with Crippen LogP contribution in [0.2, 0.25) is 0 Å². The van der Waals surface area contributed by atoms with Gasteiger partial charge in [-0.05, 0) is 42.5 Å². The predicted molar refractivity (Wildman–Crippen MR) is 86.0 cm³/mol. The summed E-state index contributed by atoms with van der Waals surface area (Å²) in [5.74, 6) is -0.849. The Balaban J connectivity index is 1.99. The van der Waals surface area contributed by atoms with Crippen molar-refractivity contribution in [2.24, 2.45) is 0 Å². The van der Waals surface area contributed by atoms with Gasteiger partial charge in [0.1, 0.15) is 5.82 Å². The highest BCUT2D eigenvalue weighted by molar-refractivity contribution is 8.19. The topological polar surface area (TPSA) is 37.4 Å². The molecule has 1 aliphatic rings. The molecule has 2 aromatic rings. The summed E-state index contributed by atoms with van der Waals surface area (Å²) in [5, 5.41) is -0.373. The Hall–Kier alpha value is -2.40. The lowest BCUT2D eigenvalue weighted by atomic mass is 10.1. The number of para-hydroxylation sites is 1. The van der Waals surface area contributed by atoms with E-state index in [2.05, 4.69) is 0 Å². The number of imide groups is 1. The van der Waals surface area contributed by atoms with Crippen LogP contribution in [-0.2, 0) is 4.79 Å². The lowest BCUT2D eigenvalue weighted by Crippen LogP contribution is -2.28. The van der Waals surface area contributed by atoms with E-state index in [0.29, 0.717) is 5.69 Å². The van der Waals surface area contributed by atoms with Crippen LogP contribution >= 0.6 is 11.8 Å². The summed E-state index contributed by atoms with van der Waals surface area (Å²) in [4.78, 5) is 26.0. The molecular weight excluding hydrogens is 301 g/mol. The number of anilines is 1. The highest BCUT2D eigenvalue weighted by Crippen LogP contribution is 2.37. The van der Waals surface area contributed by atoms with Crippen LogP contribution in [-0.4, -0.2) is 11.1 Å². The second kappa shape index (κ2) is 5.77. The van der Waals surface area contributed by atoms with Crippen molar-refractivity contribution in [1.82, 2.24) is 0 Å². The number of amides is 2. The van der Waals surface area contributed by atoms with E-state index in [4.69, 9.17) is 0 Å². The number of thioether (sulfide) groups is 1. The van der Waals surface area contributed by atoms with Gasteiger partial charge in [-0.15, -0.1) is 0 Å². The number of aryl methyl sites for hydroxylation is 1. The van der Waals surface area contributed by atoms with Gasteiger partial charge in [0.15, 0.2) is 0 Å². The number of nitrogens with zero attached hydrogens (tertiary/aromatic N) is 1. The minimum atomic E-state index is -0.426. The quantitative estimate of drug-likeness (QED) is 0.772. The van der Waals surface area contributed by atoms with Gasteiger partial charge in [0.2, 0.25) is 0 Å². The Morgan fingerprint density at radius 1 is 1.05 bits per heavy atom. The predicted octanol–water partition coefficient (Wildman–Crippen LogP) is 4.38. The molecule has 5 heteroatoms. The average molecular weight is 313 g/mol. The first-order valence-corrected chi connectivity index (χ1v) is 7.47. The minimum absolute atomic E-state index is 0.221.